The fourth-order valence-corrected chi connectivity index (χ4v) is 2.29. The molecule has 0 aliphatic carbocycles. The molecule has 2 unspecified atom stereocenters. The van der Waals surface area contributed by atoms with Crippen LogP contribution < -0.4 is 5.73 Å². The molecule has 15 heavy (non-hydrogen) atoms. The molecule has 0 aromatic rings. The summed E-state index contributed by atoms with van der Waals surface area (Å²) in [5, 5.41) is 0. The van der Waals surface area contributed by atoms with Crippen LogP contribution in [-0.4, -0.2) is 44.8 Å². The lowest BCUT2D eigenvalue weighted by molar-refractivity contribution is 0.142. The second kappa shape index (κ2) is 5.83. The van der Waals surface area contributed by atoms with Crippen LogP contribution in [0.4, 0.5) is 0 Å². The van der Waals surface area contributed by atoms with Crippen molar-refractivity contribution in [2.75, 3.05) is 39.9 Å². The summed E-state index contributed by atoms with van der Waals surface area (Å²) >= 11 is 0. The minimum absolute atomic E-state index is 0.294. The summed E-state index contributed by atoms with van der Waals surface area (Å²) < 4.78 is 5.21. The van der Waals surface area contributed by atoms with E-state index in [1.165, 1.54) is 19.5 Å². The van der Waals surface area contributed by atoms with E-state index in [0.717, 1.165) is 32.0 Å². The number of hydrogen-bond donors (Lipinski definition) is 1. The minimum atomic E-state index is 0.294. The summed E-state index contributed by atoms with van der Waals surface area (Å²) in [6.07, 6.45) is 2.44. The predicted octanol–water partition coefficient (Wildman–Crippen LogP) is 1.33. The van der Waals surface area contributed by atoms with Gasteiger partial charge < -0.3 is 15.4 Å². The lowest BCUT2D eigenvalue weighted by Gasteiger charge is -2.31. The van der Waals surface area contributed by atoms with Gasteiger partial charge in [0.2, 0.25) is 0 Å². The first-order valence-electron chi connectivity index (χ1n) is 6.05. The van der Waals surface area contributed by atoms with Crippen LogP contribution in [0.25, 0.3) is 0 Å². The first kappa shape index (κ1) is 12.9. The third-order valence-electron chi connectivity index (χ3n) is 3.72. The molecule has 90 valence electrons. The molecule has 1 aliphatic rings. The van der Waals surface area contributed by atoms with Crippen LogP contribution in [0.5, 0.6) is 0 Å². The Labute approximate surface area is 94.0 Å². The number of rotatable bonds is 6. The average Bonchev–Trinajstić information content (AvgIpc) is 2.66. The quantitative estimate of drug-likeness (QED) is 0.725. The summed E-state index contributed by atoms with van der Waals surface area (Å²) in [7, 11) is 1.79. The Kier molecular flexibility index (Phi) is 5.03. The maximum atomic E-state index is 5.84. The molecule has 1 saturated heterocycles. The molecule has 1 rings (SSSR count). The zero-order valence-electron chi connectivity index (χ0n) is 10.5. The van der Waals surface area contributed by atoms with Crippen LogP contribution in [0.2, 0.25) is 0 Å². The third-order valence-corrected chi connectivity index (χ3v) is 3.72. The van der Waals surface area contributed by atoms with Crippen LogP contribution in [0.15, 0.2) is 0 Å². The molecule has 1 heterocycles. The number of likely N-dealkylation sites (tertiary alicyclic amines) is 1. The Balaban J connectivity index is 2.34. The molecular weight excluding hydrogens is 188 g/mol. The van der Waals surface area contributed by atoms with Crippen molar-refractivity contribution in [2.45, 2.75) is 26.7 Å². The molecule has 0 bridgehead atoms. The fourth-order valence-electron chi connectivity index (χ4n) is 2.29. The van der Waals surface area contributed by atoms with Gasteiger partial charge in [-0.25, -0.2) is 0 Å². The van der Waals surface area contributed by atoms with Gasteiger partial charge in [-0.05, 0) is 37.3 Å². The maximum Gasteiger partial charge on any atom is 0.0503 e. The van der Waals surface area contributed by atoms with Crippen molar-refractivity contribution in [3.05, 3.63) is 0 Å². The lowest BCUT2D eigenvalue weighted by Crippen LogP contribution is -2.39. The summed E-state index contributed by atoms with van der Waals surface area (Å²) in [6.45, 7) is 9.75. The Morgan fingerprint density at radius 2 is 2.27 bits per heavy atom. The second-order valence-corrected chi connectivity index (χ2v) is 5.21. The van der Waals surface area contributed by atoms with Gasteiger partial charge in [-0.3, -0.25) is 0 Å². The van der Waals surface area contributed by atoms with Gasteiger partial charge in [-0.2, -0.15) is 0 Å². The largest absolute Gasteiger partial charge is 0.384 e. The molecule has 3 nitrogen and oxygen atoms in total. The van der Waals surface area contributed by atoms with Gasteiger partial charge in [-0.1, -0.05) is 13.8 Å². The molecule has 2 atom stereocenters. The van der Waals surface area contributed by atoms with Gasteiger partial charge >= 0.3 is 0 Å². The number of ether oxygens (including phenoxy) is 1. The second-order valence-electron chi connectivity index (χ2n) is 5.21. The number of nitrogens with zero attached hydrogens (tertiary/aromatic N) is 1. The molecule has 1 fully saturated rings. The van der Waals surface area contributed by atoms with E-state index in [9.17, 15) is 0 Å². The van der Waals surface area contributed by atoms with Gasteiger partial charge in [0.05, 0.1) is 6.61 Å². The third kappa shape index (κ3) is 3.74. The van der Waals surface area contributed by atoms with E-state index in [1.807, 2.05) is 0 Å². The van der Waals surface area contributed by atoms with Gasteiger partial charge in [0.25, 0.3) is 0 Å². The molecular formula is C12H26N2O. The van der Waals surface area contributed by atoms with Gasteiger partial charge in [-0.15, -0.1) is 0 Å². The Morgan fingerprint density at radius 1 is 1.53 bits per heavy atom. The monoisotopic (exact) mass is 214 g/mol. The molecule has 0 aromatic carbocycles. The van der Waals surface area contributed by atoms with Crippen molar-refractivity contribution < 1.29 is 4.74 Å². The Hall–Kier alpha value is -0.120. The van der Waals surface area contributed by atoms with Crippen LogP contribution >= 0.6 is 0 Å². The SMILES string of the molecule is CCC(C)(CN)CN1CCC(COC)C1. The molecule has 3 heteroatoms. The van der Waals surface area contributed by atoms with Gasteiger partial charge in [0.15, 0.2) is 0 Å². The molecule has 0 radical (unpaired) electrons. The average molecular weight is 214 g/mol. The van der Waals surface area contributed by atoms with Crippen molar-refractivity contribution in [3.8, 4) is 0 Å². The Bertz CT molecular complexity index is 180. The van der Waals surface area contributed by atoms with E-state index >= 15 is 0 Å². The van der Waals surface area contributed by atoms with E-state index < -0.39 is 0 Å². The van der Waals surface area contributed by atoms with Gasteiger partial charge in [0.1, 0.15) is 0 Å². The van der Waals surface area contributed by atoms with E-state index in [2.05, 4.69) is 18.7 Å². The van der Waals surface area contributed by atoms with Crippen molar-refractivity contribution >= 4 is 0 Å². The highest BCUT2D eigenvalue weighted by atomic mass is 16.5. The van der Waals surface area contributed by atoms with E-state index in [4.69, 9.17) is 10.5 Å². The number of hydrogen-bond acceptors (Lipinski definition) is 3. The molecule has 0 saturated carbocycles. The van der Waals surface area contributed by atoms with Crippen LogP contribution in [0, 0.1) is 11.3 Å². The van der Waals surface area contributed by atoms with E-state index in [-0.39, 0.29) is 0 Å². The zero-order chi connectivity index (χ0) is 11.3. The van der Waals surface area contributed by atoms with Gasteiger partial charge in [0, 0.05) is 20.2 Å². The van der Waals surface area contributed by atoms with Crippen LogP contribution in [0.3, 0.4) is 0 Å². The molecule has 1 aliphatic heterocycles. The first-order chi connectivity index (χ1) is 7.13. The zero-order valence-corrected chi connectivity index (χ0v) is 10.5. The highest BCUT2D eigenvalue weighted by Gasteiger charge is 2.28. The van der Waals surface area contributed by atoms with Crippen molar-refractivity contribution in [2.24, 2.45) is 17.1 Å². The maximum absolute atomic E-state index is 5.84. The van der Waals surface area contributed by atoms with Crippen molar-refractivity contribution in [1.29, 1.82) is 0 Å². The number of nitrogens with two attached hydrogens (primary N) is 1. The number of methoxy groups -OCH3 is 1. The highest BCUT2D eigenvalue weighted by Crippen LogP contribution is 2.25. The summed E-state index contributed by atoms with van der Waals surface area (Å²) in [5.74, 6) is 0.730. The minimum Gasteiger partial charge on any atom is -0.384 e. The topological polar surface area (TPSA) is 38.5 Å². The van der Waals surface area contributed by atoms with Crippen molar-refractivity contribution in [3.63, 3.8) is 0 Å². The molecule has 0 amide bonds. The normalized spacial score (nSPS) is 26.8. The molecule has 0 aromatic heterocycles. The van der Waals surface area contributed by atoms with Crippen LogP contribution in [-0.2, 0) is 4.74 Å². The summed E-state index contributed by atoms with van der Waals surface area (Å²) in [4.78, 5) is 2.54. The predicted molar refractivity (Wildman–Crippen MR) is 63.9 cm³/mol. The molecule has 2 N–H and O–H groups in total. The van der Waals surface area contributed by atoms with E-state index in [1.54, 1.807) is 7.11 Å². The highest BCUT2D eigenvalue weighted by molar-refractivity contribution is 4.83. The smallest absolute Gasteiger partial charge is 0.0503 e. The Morgan fingerprint density at radius 3 is 2.80 bits per heavy atom. The summed E-state index contributed by atoms with van der Waals surface area (Å²) in [5.41, 5.74) is 6.13. The van der Waals surface area contributed by atoms with Crippen molar-refractivity contribution in [1.82, 2.24) is 4.90 Å². The first-order valence-corrected chi connectivity index (χ1v) is 6.05. The standard InChI is InChI=1S/C12H26N2O/c1-4-12(2,9-13)10-14-6-5-11(7-14)8-15-3/h11H,4-10,13H2,1-3H3. The summed E-state index contributed by atoms with van der Waals surface area (Å²) in [6, 6.07) is 0. The molecule has 0 spiro atoms. The fraction of sp³-hybridized carbons (Fsp3) is 1.00. The van der Waals surface area contributed by atoms with Crippen LogP contribution in [0.1, 0.15) is 26.7 Å². The lowest BCUT2D eigenvalue weighted by atomic mass is 9.87. The van der Waals surface area contributed by atoms with E-state index in [0.29, 0.717) is 5.41 Å².